The van der Waals surface area contributed by atoms with Crippen LogP contribution in [0.3, 0.4) is 0 Å². The predicted molar refractivity (Wildman–Crippen MR) is 88.6 cm³/mol. The molecule has 0 atom stereocenters. The lowest BCUT2D eigenvalue weighted by atomic mass is 10.1. The van der Waals surface area contributed by atoms with Gasteiger partial charge in [0.2, 0.25) is 5.78 Å². The van der Waals surface area contributed by atoms with Gasteiger partial charge in [0.15, 0.2) is 11.5 Å². The van der Waals surface area contributed by atoms with E-state index in [0.717, 1.165) is 0 Å². The highest BCUT2D eigenvalue weighted by Crippen LogP contribution is 2.33. The number of allylic oxidation sites excluding steroid dienone is 1. The van der Waals surface area contributed by atoms with Crippen molar-refractivity contribution in [1.29, 1.82) is 0 Å². The molecule has 6 nitrogen and oxygen atoms in total. The van der Waals surface area contributed by atoms with Gasteiger partial charge in [-0.25, -0.2) is 8.42 Å². The fourth-order valence-electron chi connectivity index (χ4n) is 2.56. The van der Waals surface area contributed by atoms with Gasteiger partial charge in [0.25, 0.3) is 10.0 Å². The molecule has 1 heterocycles. The van der Waals surface area contributed by atoms with Gasteiger partial charge < -0.3 is 9.47 Å². The summed E-state index contributed by atoms with van der Waals surface area (Å²) in [4.78, 5) is 12.6. The van der Waals surface area contributed by atoms with Crippen LogP contribution in [0.25, 0.3) is 6.08 Å². The van der Waals surface area contributed by atoms with Gasteiger partial charge >= 0.3 is 0 Å². The van der Waals surface area contributed by atoms with E-state index in [1.54, 1.807) is 30.3 Å². The molecule has 0 fully saturated rings. The maximum atomic E-state index is 12.6. The first-order valence-electron chi connectivity index (χ1n) is 7.07. The molecule has 2 aromatic rings. The van der Waals surface area contributed by atoms with Crippen LogP contribution in [0.2, 0.25) is 0 Å². The van der Waals surface area contributed by atoms with Crippen molar-refractivity contribution in [2.24, 2.45) is 0 Å². The van der Waals surface area contributed by atoms with Crippen molar-refractivity contribution >= 4 is 21.9 Å². The third kappa shape index (κ3) is 2.63. The Labute approximate surface area is 139 Å². The molecule has 124 valence electrons. The van der Waals surface area contributed by atoms with Crippen LogP contribution in [0.1, 0.15) is 15.9 Å². The molecule has 0 amide bonds. The smallest absolute Gasteiger partial charge is 0.262 e. The third-order valence-corrected chi connectivity index (χ3v) is 5.07. The topological polar surface area (TPSA) is 81.7 Å². The van der Waals surface area contributed by atoms with Crippen LogP contribution >= 0.6 is 0 Å². The summed E-state index contributed by atoms with van der Waals surface area (Å²) in [6.45, 7) is 0. The molecule has 0 bridgehead atoms. The summed E-state index contributed by atoms with van der Waals surface area (Å²) in [5.41, 5.74) is 0.631. The van der Waals surface area contributed by atoms with Gasteiger partial charge in [0.1, 0.15) is 0 Å². The number of fused-ring (bicyclic) bond motifs is 1. The highest BCUT2D eigenvalue weighted by molar-refractivity contribution is 7.90. The zero-order valence-electron chi connectivity index (χ0n) is 13.1. The number of carbonyl (C=O) groups excluding carboxylic acids is 1. The van der Waals surface area contributed by atoms with E-state index in [-0.39, 0.29) is 16.2 Å². The van der Waals surface area contributed by atoms with E-state index < -0.39 is 15.8 Å². The molecule has 0 saturated carbocycles. The third-order valence-electron chi connectivity index (χ3n) is 3.64. The van der Waals surface area contributed by atoms with Crippen molar-refractivity contribution in [2.45, 2.75) is 4.90 Å². The molecule has 0 aromatic heterocycles. The number of Topliss-reactive ketones (excluding diaryl/α,β-unsaturated/α-hetero) is 1. The quantitative estimate of drug-likeness (QED) is 0.863. The number of ether oxygens (including phenoxy) is 2. The van der Waals surface area contributed by atoms with Crippen LogP contribution in [0.5, 0.6) is 11.5 Å². The fraction of sp³-hybridized carbons (Fsp3) is 0.118. The summed E-state index contributed by atoms with van der Waals surface area (Å²) in [6.07, 6.45) is 1.44. The highest BCUT2D eigenvalue weighted by Gasteiger charge is 2.31. The van der Waals surface area contributed by atoms with Crippen LogP contribution in [0.15, 0.2) is 53.1 Å². The summed E-state index contributed by atoms with van der Waals surface area (Å²) >= 11 is 0. The number of para-hydroxylation sites is 1. The standard InChI is InChI=1S/C17H15NO5S/c1-22-14-8-5-6-11(17(14)23-2)10-13-16(19)12-7-3-4-9-15(12)24(20,21)18-13/h3-10,18H,1-2H3. The Hall–Kier alpha value is -2.80. The molecular formula is C17H15NO5S. The molecule has 1 N–H and O–H groups in total. The summed E-state index contributed by atoms with van der Waals surface area (Å²) in [5.74, 6) is 0.502. The number of hydrogen-bond acceptors (Lipinski definition) is 5. The van der Waals surface area contributed by atoms with E-state index in [4.69, 9.17) is 9.47 Å². The van der Waals surface area contributed by atoms with Crippen LogP contribution in [-0.2, 0) is 10.0 Å². The second kappa shape index (κ2) is 6.01. The Kier molecular flexibility index (Phi) is 4.02. The molecule has 1 aliphatic heterocycles. The Morgan fingerprint density at radius 2 is 1.75 bits per heavy atom. The molecule has 2 aromatic carbocycles. The van der Waals surface area contributed by atoms with Crippen molar-refractivity contribution in [3.8, 4) is 11.5 Å². The normalized spacial score (nSPS) is 17.1. The van der Waals surface area contributed by atoms with E-state index in [9.17, 15) is 13.2 Å². The lowest BCUT2D eigenvalue weighted by molar-refractivity contribution is 0.102. The summed E-state index contributed by atoms with van der Waals surface area (Å²) in [5, 5.41) is 0. The molecule has 0 spiro atoms. The zero-order valence-corrected chi connectivity index (χ0v) is 13.9. The van der Waals surface area contributed by atoms with Crippen LogP contribution < -0.4 is 14.2 Å². The van der Waals surface area contributed by atoms with E-state index in [0.29, 0.717) is 17.1 Å². The molecule has 7 heteroatoms. The Bertz CT molecular complexity index is 947. The second-order valence-corrected chi connectivity index (χ2v) is 6.72. The lowest BCUT2D eigenvalue weighted by Gasteiger charge is -2.20. The number of carbonyl (C=O) groups is 1. The molecule has 24 heavy (non-hydrogen) atoms. The van der Waals surface area contributed by atoms with Crippen molar-refractivity contribution < 1.29 is 22.7 Å². The Morgan fingerprint density at radius 1 is 1.00 bits per heavy atom. The van der Waals surface area contributed by atoms with Gasteiger partial charge in [-0.1, -0.05) is 24.3 Å². The van der Waals surface area contributed by atoms with E-state index in [1.807, 2.05) is 0 Å². The number of ketones is 1. The van der Waals surface area contributed by atoms with Gasteiger partial charge in [-0.3, -0.25) is 9.52 Å². The van der Waals surface area contributed by atoms with Crippen LogP contribution in [-0.4, -0.2) is 28.4 Å². The molecular weight excluding hydrogens is 330 g/mol. The van der Waals surface area contributed by atoms with E-state index in [2.05, 4.69) is 4.72 Å². The summed E-state index contributed by atoms with van der Waals surface area (Å²) in [6, 6.07) is 11.2. The van der Waals surface area contributed by atoms with Gasteiger partial charge in [-0.05, 0) is 24.3 Å². The SMILES string of the molecule is COc1cccc(C=C2NS(=O)(=O)c3ccccc3C2=O)c1OC. The van der Waals surface area contributed by atoms with Gasteiger partial charge in [-0.15, -0.1) is 0 Å². The highest BCUT2D eigenvalue weighted by atomic mass is 32.2. The minimum absolute atomic E-state index is 0.0234. The number of methoxy groups -OCH3 is 2. The largest absolute Gasteiger partial charge is 0.493 e. The van der Waals surface area contributed by atoms with Gasteiger partial charge in [0, 0.05) is 11.1 Å². The predicted octanol–water partition coefficient (Wildman–Crippen LogP) is 2.22. The van der Waals surface area contributed by atoms with Crippen LogP contribution in [0, 0.1) is 0 Å². The number of hydrogen-bond donors (Lipinski definition) is 1. The monoisotopic (exact) mass is 345 g/mol. The minimum Gasteiger partial charge on any atom is -0.493 e. The average Bonchev–Trinajstić information content (AvgIpc) is 2.59. The number of rotatable bonds is 3. The number of benzene rings is 2. The van der Waals surface area contributed by atoms with Crippen molar-refractivity contribution in [3.05, 3.63) is 59.3 Å². The molecule has 0 aliphatic carbocycles. The van der Waals surface area contributed by atoms with E-state index >= 15 is 0 Å². The maximum absolute atomic E-state index is 12.6. The lowest BCUT2D eigenvalue weighted by Crippen LogP contribution is -2.34. The second-order valence-electron chi connectivity index (χ2n) is 5.07. The minimum atomic E-state index is -3.79. The van der Waals surface area contributed by atoms with Crippen molar-refractivity contribution in [2.75, 3.05) is 14.2 Å². The molecule has 0 saturated heterocycles. The molecule has 3 rings (SSSR count). The average molecular weight is 345 g/mol. The summed E-state index contributed by atoms with van der Waals surface area (Å²) in [7, 11) is -0.817. The zero-order chi connectivity index (χ0) is 17.3. The molecule has 1 aliphatic rings. The van der Waals surface area contributed by atoms with Gasteiger partial charge in [0.05, 0.1) is 24.8 Å². The van der Waals surface area contributed by atoms with E-state index in [1.165, 1.54) is 32.4 Å². The first kappa shape index (κ1) is 16.1. The Morgan fingerprint density at radius 3 is 2.46 bits per heavy atom. The first-order chi connectivity index (χ1) is 11.5. The summed E-state index contributed by atoms with van der Waals surface area (Å²) < 4.78 is 37.5. The fourth-order valence-corrected chi connectivity index (χ4v) is 3.81. The number of nitrogens with one attached hydrogen (secondary N) is 1. The Balaban J connectivity index is 2.15. The van der Waals surface area contributed by atoms with Crippen LogP contribution in [0.4, 0.5) is 0 Å². The first-order valence-corrected chi connectivity index (χ1v) is 8.55. The molecule has 0 unspecified atom stereocenters. The number of sulfonamides is 1. The van der Waals surface area contributed by atoms with Crippen molar-refractivity contribution in [3.63, 3.8) is 0 Å². The maximum Gasteiger partial charge on any atom is 0.262 e. The van der Waals surface area contributed by atoms with Crippen molar-refractivity contribution in [1.82, 2.24) is 4.72 Å². The molecule has 0 radical (unpaired) electrons. The van der Waals surface area contributed by atoms with Gasteiger partial charge in [-0.2, -0.15) is 0 Å².